The van der Waals surface area contributed by atoms with Gasteiger partial charge in [0.15, 0.2) is 0 Å². The van der Waals surface area contributed by atoms with Gasteiger partial charge in [0.05, 0.1) is 22.3 Å². The Bertz CT molecular complexity index is 1170. The number of hydrogen-bond donors (Lipinski definition) is 1. The molecule has 1 aliphatic rings. The van der Waals surface area contributed by atoms with Crippen molar-refractivity contribution in [3.8, 4) is 5.75 Å². The molecule has 0 aliphatic heterocycles. The first kappa shape index (κ1) is 21.8. The maximum Gasteiger partial charge on any atom is 0.147 e. The van der Waals surface area contributed by atoms with E-state index in [1.807, 2.05) is 19.1 Å². The number of methoxy groups -OCH3 is 1. The second-order valence-corrected chi connectivity index (χ2v) is 8.19. The number of aromatic nitrogens is 3. The van der Waals surface area contributed by atoms with Crippen molar-refractivity contribution in [3.63, 3.8) is 0 Å². The fourth-order valence-electron chi connectivity index (χ4n) is 3.51. The smallest absolute Gasteiger partial charge is 0.147 e. The fourth-order valence-corrected chi connectivity index (χ4v) is 4.76. The van der Waals surface area contributed by atoms with Gasteiger partial charge in [0.1, 0.15) is 22.7 Å². The number of aryl methyl sites for hydroxylation is 1. The Morgan fingerprint density at radius 2 is 1.90 bits per heavy atom. The quantitative estimate of drug-likeness (QED) is 0.396. The molecular weight excluding hydrogens is 451 g/mol. The van der Waals surface area contributed by atoms with Crippen molar-refractivity contribution < 1.29 is 4.74 Å². The predicted octanol–water partition coefficient (Wildman–Crippen LogP) is 6.02. The summed E-state index contributed by atoms with van der Waals surface area (Å²) in [6, 6.07) is 8.67. The number of pyridine rings is 1. The molecule has 3 heterocycles. The molecular formula is C20H19Cl3N4OS. The Morgan fingerprint density at radius 3 is 2.62 bits per heavy atom. The summed E-state index contributed by atoms with van der Waals surface area (Å²) in [6.45, 7) is 2.01. The van der Waals surface area contributed by atoms with Crippen LogP contribution in [0.3, 0.4) is 0 Å². The molecule has 0 bridgehead atoms. The first-order valence-corrected chi connectivity index (χ1v) is 9.94. The van der Waals surface area contributed by atoms with Gasteiger partial charge in [0.2, 0.25) is 0 Å². The molecule has 9 heteroatoms. The van der Waals surface area contributed by atoms with Gasteiger partial charge >= 0.3 is 0 Å². The molecule has 1 aromatic carbocycles. The Kier molecular flexibility index (Phi) is 6.39. The summed E-state index contributed by atoms with van der Waals surface area (Å²) in [6.07, 6.45) is 4.41. The molecule has 4 aromatic rings. The van der Waals surface area contributed by atoms with Crippen molar-refractivity contribution in [1.82, 2.24) is 15.0 Å². The van der Waals surface area contributed by atoms with Gasteiger partial charge in [-0.1, -0.05) is 23.7 Å². The van der Waals surface area contributed by atoms with E-state index in [1.54, 1.807) is 31.0 Å². The Morgan fingerprint density at radius 1 is 1.14 bits per heavy atom. The van der Waals surface area contributed by atoms with E-state index in [0.717, 1.165) is 44.0 Å². The number of hydrogen-bond acceptors (Lipinski definition) is 6. The van der Waals surface area contributed by atoms with Crippen molar-refractivity contribution >= 4 is 74.0 Å². The first-order chi connectivity index (χ1) is 13.2. The molecule has 152 valence electrons. The van der Waals surface area contributed by atoms with Crippen molar-refractivity contribution in [2.75, 3.05) is 12.4 Å². The number of thiophene rings is 1. The molecule has 1 aliphatic carbocycles. The van der Waals surface area contributed by atoms with Crippen molar-refractivity contribution in [2.45, 2.75) is 25.3 Å². The van der Waals surface area contributed by atoms with Gasteiger partial charge in [-0.05, 0) is 36.6 Å². The summed E-state index contributed by atoms with van der Waals surface area (Å²) in [5, 5.41) is 5.29. The topological polar surface area (TPSA) is 59.9 Å². The normalized spacial score (nSPS) is 17.5. The number of rotatable bonds is 4. The molecule has 5 rings (SSSR count). The lowest BCUT2D eigenvalue weighted by Gasteiger charge is -2.07. The van der Waals surface area contributed by atoms with E-state index in [0.29, 0.717) is 17.0 Å². The van der Waals surface area contributed by atoms with Crippen LogP contribution in [0.4, 0.5) is 5.82 Å². The minimum Gasteiger partial charge on any atom is -0.497 e. The zero-order valence-corrected chi connectivity index (χ0v) is 18.9. The minimum absolute atomic E-state index is 0. The van der Waals surface area contributed by atoms with Crippen molar-refractivity contribution in [1.29, 1.82) is 0 Å². The lowest BCUT2D eigenvalue weighted by molar-refractivity contribution is 0.414. The SMILES string of the molecule is COc1ccc(C2CC2Nc2ncnc3c2sc2ncc(Cl)c(C)c23)cc1.Cl.Cl. The van der Waals surface area contributed by atoms with Crippen molar-refractivity contribution in [3.05, 3.63) is 52.9 Å². The lowest BCUT2D eigenvalue weighted by Crippen LogP contribution is -2.06. The summed E-state index contributed by atoms with van der Waals surface area (Å²) in [7, 11) is 1.69. The van der Waals surface area contributed by atoms with Crippen LogP contribution < -0.4 is 10.1 Å². The summed E-state index contributed by atoms with van der Waals surface area (Å²) in [5.41, 5.74) is 3.25. The average molecular weight is 470 g/mol. The van der Waals surface area contributed by atoms with E-state index in [9.17, 15) is 0 Å². The van der Waals surface area contributed by atoms with E-state index in [1.165, 1.54) is 5.56 Å². The molecule has 0 radical (unpaired) electrons. The number of fused-ring (bicyclic) bond motifs is 3. The fraction of sp³-hybridized carbons (Fsp3) is 0.250. The largest absolute Gasteiger partial charge is 0.497 e. The van der Waals surface area contributed by atoms with Gasteiger partial charge in [0, 0.05) is 23.5 Å². The molecule has 5 nitrogen and oxygen atoms in total. The highest BCUT2D eigenvalue weighted by atomic mass is 35.5. The summed E-state index contributed by atoms with van der Waals surface area (Å²) < 4.78 is 6.27. The zero-order valence-electron chi connectivity index (χ0n) is 15.7. The average Bonchev–Trinajstić information content (AvgIpc) is 3.35. The highest BCUT2D eigenvalue weighted by Crippen LogP contribution is 2.45. The third kappa shape index (κ3) is 3.82. The van der Waals surface area contributed by atoms with Gasteiger partial charge in [-0.2, -0.15) is 0 Å². The van der Waals surface area contributed by atoms with Crippen molar-refractivity contribution in [2.24, 2.45) is 0 Å². The third-order valence-electron chi connectivity index (χ3n) is 5.14. The number of anilines is 1. The molecule has 1 saturated carbocycles. The third-order valence-corrected chi connectivity index (χ3v) is 6.61. The first-order valence-electron chi connectivity index (χ1n) is 8.74. The number of nitrogens with zero attached hydrogens (tertiary/aromatic N) is 3. The summed E-state index contributed by atoms with van der Waals surface area (Å²) >= 11 is 7.87. The van der Waals surface area contributed by atoms with E-state index >= 15 is 0 Å². The Labute approximate surface area is 189 Å². The highest BCUT2D eigenvalue weighted by Gasteiger charge is 2.39. The van der Waals surface area contributed by atoms with Crippen LogP contribution in [0, 0.1) is 6.92 Å². The minimum atomic E-state index is 0. The van der Waals surface area contributed by atoms with Gasteiger partial charge in [-0.3, -0.25) is 0 Å². The maximum absolute atomic E-state index is 6.26. The van der Waals surface area contributed by atoms with Gasteiger partial charge < -0.3 is 10.1 Å². The van der Waals surface area contributed by atoms with Crippen LogP contribution in [0.1, 0.15) is 23.5 Å². The van der Waals surface area contributed by atoms with Crippen LogP contribution in [0.5, 0.6) is 5.75 Å². The van der Waals surface area contributed by atoms with Crippen LogP contribution in [0.25, 0.3) is 20.4 Å². The van der Waals surface area contributed by atoms with E-state index < -0.39 is 0 Å². The van der Waals surface area contributed by atoms with Crippen LogP contribution in [-0.4, -0.2) is 28.1 Å². The second kappa shape index (κ2) is 8.48. The summed E-state index contributed by atoms with van der Waals surface area (Å²) in [4.78, 5) is 14.4. The van der Waals surface area contributed by atoms with Crippen LogP contribution in [-0.2, 0) is 0 Å². The van der Waals surface area contributed by atoms with E-state index in [2.05, 4.69) is 32.4 Å². The monoisotopic (exact) mass is 468 g/mol. The molecule has 0 amide bonds. The number of nitrogens with one attached hydrogen (secondary N) is 1. The van der Waals surface area contributed by atoms with Crippen LogP contribution in [0.2, 0.25) is 5.02 Å². The molecule has 0 spiro atoms. The summed E-state index contributed by atoms with van der Waals surface area (Å²) in [5.74, 6) is 2.25. The number of halogens is 3. The number of ether oxygens (including phenoxy) is 1. The molecule has 1 fully saturated rings. The lowest BCUT2D eigenvalue weighted by atomic mass is 10.1. The highest BCUT2D eigenvalue weighted by molar-refractivity contribution is 7.26. The molecule has 2 atom stereocenters. The Balaban J connectivity index is 0.00000120. The van der Waals surface area contributed by atoms with Crippen LogP contribution >= 0.6 is 47.8 Å². The van der Waals surface area contributed by atoms with E-state index in [4.69, 9.17) is 16.3 Å². The second-order valence-electron chi connectivity index (χ2n) is 6.78. The maximum atomic E-state index is 6.26. The van der Waals surface area contributed by atoms with Gasteiger partial charge in [0.25, 0.3) is 0 Å². The molecule has 0 saturated heterocycles. The van der Waals surface area contributed by atoms with Crippen LogP contribution in [0.15, 0.2) is 36.8 Å². The molecule has 2 unspecified atom stereocenters. The van der Waals surface area contributed by atoms with Gasteiger partial charge in [-0.25, -0.2) is 15.0 Å². The predicted molar refractivity (Wildman–Crippen MR) is 125 cm³/mol. The van der Waals surface area contributed by atoms with E-state index in [-0.39, 0.29) is 24.8 Å². The molecule has 3 aromatic heterocycles. The number of benzene rings is 1. The molecule has 29 heavy (non-hydrogen) atoms. The standard InChI is InChI=1S/C20H17ClN4OS.2ClH/c1-10-14(21)8-22-20-16(10)17-18(27-20)19(24-9-23-17)25-15-7-13(15)11-3-5-12(26-2)6-4-11;;/h3-6,8-9,13,15H,7H2,1-2H3,(H,23,24,25);2*1H. The zero-order chi connectivity index (χ0) is 18.5. The Hall–Kier alpha value is -1.86. The van der Waals surface area contributed by atoms with Gasteiger partial charge in [-0.15, -0.1) is 36.2 Å². The molecule has 1 N–H and O–H groups in total.